The van der Waals surface area contributed by atoms with Gasteiger partial charge >= 0.3 is 0 Å². The molecule has 1 atom stereocenters. The number of nitrogens with zero attached hydrogens (tertiary/aromatic N) is 2. The molecule has 6 nitrogen and oxygen atoms in total. The lowest BCUT2D eigenvalue weighted by Crippen LogP contribution is -2.52. The van der Waals surface area contributed by atoms with Gasteiger partial charge in [-0.05, 0) is 42.8 Å². The van der Waals surface area contributed by atoms with Crippen LogP contribution in [0.15, 0.2) is 66.7 Å². The molecule has 0 aromatic heterocycles. The third kappa shape index (κ3) is 4.81. The van der Waals surface area contributed by atoms with E-state index in [4.69, 9.17) is 0 Å². The van der Waals surface area contributed by atoms with Crippen molar-refractivity contribution in [3.05, 3.63) is 77.9 Å². The number of hydrogen-bond acceptors (Lipinski definition) is 3. The maximum atomic E-state index is 13.6. The van der Waals surface area contributed by atoms with Crippen LogP contribution in [0.5, 0.6) is 0 Å². The van der Waals surface area contributed by atoms with Crippen molar-refractivity contribution in [3.63, 3.8) is 0 Å². The van der Waals surface area contributed by atoms with Crippen molar-refractivity contribution >= 4 is 34.2 Å². The number of hydrogen-bond donors (Lipinski definition) is 1. The Morgan fingerprint density at radius 2 is 1.74 bits per heavy atom. The monoisotopic (exact) mass is 457 g/mol. The molecule has 1 N–H and O–H groups in total. The predicted molar refractivity (Wildman–Crippen MR) is 135 cm³/mol. The molecule has 176 valence electrons. The molecule has 0 spiro atoms. The Kier molecular flexibility index (Phi) is 7.26. The fourth-order valence-electron chi connectivity index (χ4n) is 4.47. The molecule has 3 aromatic carbocycles. The second-order valence-corrected chi connectivity index (χ2v) is 8.72. The first-order valence-corrected chi connectivity index (χ1v) is 12.0. The van der Waals surface area contributed by atoms with E-state index in [1.807, 2.05) is 60.7 Å². The van der Waals surface area contributed by atoms with Gasteiger partial charge in [0.05, 0.1) is 5.69 Å². The second-order valence-electron chi connectivity index (χ2n) is 8.72. The molecule has 0 aliphatic carbocycles. The van der Waals surface area contributed by atoms with Gasteiger partial charge in [0.15, 0.2) is 0 Å². The lowest BCUT2D eigenvalue weighted by Gasteiger charge is -2.30. The first kappa shape index (κ1) is 23.5. The second kappa shape index (κ2) is 10.5. The van der Waals surface area contributed by atoms with E-state index in [2.05, 4.69) is 12.2 Å². The molecule has 0 fully saturated rings. The van der Waals surface area contributed by atoms with Crippen molar-refractivity contribution in [1.29, 1.82) is 0 Å². The zero-order valence-electron chi connectivity index (χ0n) is 19.8. The van der Waals surface area contributed by atoms with Gasteiger partial charge in [-0.1, -0.05) is 67.9 Å². The number of carbonyl (C=O) groups is 3. The van der Waals surface area contributed by atoms with Gasteiger partial charge in [0.1, 0.15) is 12.6 Å². The van der Waals surface area contributed by atoms with Gasteiger partial charge in [-0.15, -0.1) is 0 Å². The van der Waals surface area contributed by atoms with E-state index in [-0.39, 0.29) is 24.3 Å². The van der Waals surface area contributed by atoms with Crippen molar-refractivity contribution in [2.24, 2.45) is 0 Å². The maximum Gasteiger partial charge on any atom is 0.259 e. The van der Waals surface area contributed by atoms with Gasteiger partial charge < -0.3 is 10.2 Å². The highest BCUT2D eigenvalue weighted by Gasteiger charge is 2.34. The van der Waals surface area contributed by atoms with Crippen LogP contribution in [0.3, 0.4) is 0 Å². The summed E-state index contributed by atoms with van der Waals surface area (Å²) in [5.41, 5.74) is 2.45. The van der Waals surface area contributed by atoms with Crippen molar-refractivity contribution in [2.45, 2.75) is 39.2 Å². The van der Waals surface area contributed by atoms with Crippen molar-refractivity contribution in [3.8, 4) is 0 Å². The van der Waals surface area contributed by atoms with Crippen LogP contribution >= 0.6 is 0 Å². The lowest BCUT2D eigenvalue weighted by atomic mass is 10.1. The van der Waals surface area contributed by atoms with Crippen LogP contribution in [0.2, 0.25) is 0 Å². The first-order valence-electron chi connectivity index (χ1n) is 12.0. The van der Waals surface area contributed by atoms with Crippen LogP contribution in [-0.2, 0) is 16.0 Å². The number of anilines is 1. The molecule has 3 aromatic rings. The van der Waals surface area contributed by atoms with E-state index < -0.39 is 6.04 Å². The number of unbranched alkanes of at least 4 members (excludes halogenated alkanes) is 1. The smallest absolute Gasteiger partial charge is 0.259 e. The average Bonchev–Trinajstić information content (AvgIpc) is 3.12. The number of benzene rings is 3. The molecule has 4 rings (SSSR count). The number of rotatable bonds is 10. The van der Waals surface area contributed by atoms with Gasteiger partial charge in [0.25, 0.3) is 5.91 Å². The number of amides is 3. The molecule has 0 radical (unpaired) electrons. The third-order valence-electron chi connectivity index (χ3n) is 6.42. The zero-order chi connectivity index (χ0) is 24.1. The van der Waals surface area contributed by atoms with Gasteiger partial charge in [0, 0.05) is 24.0 Å². The van der Waals surface area contributed by atoms with Crippen molar-refractivity contribution in [2.75, 3.05) is 24.5 Å². The molecule has 3 amide bonds. The van der Waals surface area contributed by atoms with Crippen LogP contribution in [0.1, 0.15) is 42.6 Å². The number of carbonyl (C=O) groups excluding carboxylic acids is 3. The predicted octanol–water partition coefficient (Wildman–Crippen LogP) is 4.18. The Hall–Kier alpha value is -3.67. The summed E-state index contributed by atoms with van der Waals surface area (Å²) in [6.07, 6.45) is 2.50. The van der Waals surface area contributed by atoms with Crippen LogP contribution in [0.25, 0.3) is 10.8 Å². The zero-order valence-corrected chi connectivity index (χ0v) is 19.8. The van der Waals surface area contributed by atoms with Gasteiger partial charge in [-0.2, -0.15) is 0 Å². The summed E-state index contributed by atoms with van der Waals surface area (Å²) in [5, 5.41) is 4.79. The Labute approximate surface area is 200 Å². The number of nitrogens with one attached hydrogen (secondary N) is 1. The molecule has 0 bridgehead atoms. The summed E-state index contributed by atoms with van der Waals surface area (Å²) in [6.45, 7) is 4.70. The average molecular weight is 458 g/mol. The van der Waals surface area contributed by atoms with Gasteiger partial charge in [-0.3, -0.25) is 19.3 Å². The van der Waals surface area contributed by atoms with Crippen molar-refractivity contribution in [1.82, 2.24) is 10.2 Å². The van der Waals surface area contributed by atoms with E-state index in [1.165, 1.54) is 4.90 Å². The molecule has 1 aliphatic rings. The lowest BCUT2D eigenvalue weighted by molar-refractivity contribution is -0.138. The van der Waals surface area contributed by atoms with E-state index in [9.17, 15) is 14.4 Å². The summed E-state index contributed by atoms with van der Waals surface area (Å²) in [5.74, 6) is -0.594. The van der Waals surface area contributed by atoms with E-state index >= 15 is 0 Å². The fourth-order valence-corrected chi connectivity index (χ4v) is 4.47. The van der Waals surface area contributed by atoms with Crippen LogP contribution in [0, 0.1) is 0 Å². The third-order valence-corrected chi connectivity index (χ3v) is 6.42. The molecule has 1 aliphatic heterocycles. The molecule has 0 saturated heterocycles. The summed E-state index contributed by atoms with van der Waals surface area (Å²) < 4.78 is 0. The highest BCUT2D eigenvalue weighted by molar-refractivity contribution is 6.26. The van der Waals surface area contributed by atoms with E-state index in [1.54, 1.807) is 17.9 Å². The first-order chi connectivity index (χ1) is 16.5. The van der Waals surface area contributed by atoms with Crippen LogP contribution < -0.4 is 10.2 Å². The molecule has 6 heteroatoms. The topological polar surface area (TPSA) is 69.7 Å². The molecule has 0 saturated carbocycles. The Bertz CT molecular complexity index is 1190. The molecule has 34 heavy (non-hydrogen) atoms. The minimum atomic E-state index is -0.635. The highest BCUT2D eigenvalue weighted by Crippen LogP contribution is 2.37. The fraction of sp³-hybridized carbons (Fsp3) is 0.321. The SMILES string of the molecule is CCCCNC(=O)[C@H](C)N(CCc1ccccc1)C(=O)CN1C(=O)c2cccc3cccc1c23. The molecular weight excluding hydrogens is 426 g/mol. The minimum Gasteiger partial charge on any atom is -0.354 e. The molecule has 1 heterocycles. The summed E-state index contributed by atoms with van der Waals surface area (Å²) in [7, 11) is 0. The van der Waals surface area contributed by atoms with Crippen molar-refractivity contribution < 1.29 is 14.4 Å². The maximum absolute atomic E-state index is 13.6. The summed E-state index contributed by atoms with van der Waals surface area (Å²) in [6, 6.07) is 20.6. The minimum absolute atomic E-state index is 0.103. The highest BCUT2D eigenvalue weighted by atomic mass is 16.2. The summed E-state index contributed by atoms with van der Waals surface area (Å²) >= 11 is 0. The van der Waals surface area contributed by atoms with Gasteiger partial charge in [-0.25, -0.2) is 0 Å². The molecular formula is C28H31N3O3. The summed E-state index contributed by atoms with van der Waals surface area (Å²) in [4.78, 5) is 42.7. The van der Waals surface area contributed by atoms with Gasteiger partial charge in [0.2, 0.25) is 11.8 Å². The van der Waals surface area contributed by atoms with E-state index in [0.717, 1.165) is 34.9 Å². The standard InChI is InChI=1S/C28H31N3O3/c1-3-4-17-29-27(33)20(2)30(18-16-21-10-6-5-7-11-21)25(32)19-31-24-15-9-13-22-12-8-14-23(26(22)24)28(31)34/h5-15,20H,3-4,16-19H2,1-2H3,(H,29,33)/t20-/m0/s1. The Morgan fingerprint density at radius 1 is 1.00 bits per heavy atom. The normalized spacial score (nSPS) is 13.2. The Balaban J connectivity index is 1.54. The largest absolute Gasteiger partial charge is 0.354 e. The Morgan fingerprint density at radius 3 is 2.47 bits per heavy atom. The quantitative estimate of drug-likeness (QED) is 0.465. The van der Waals surface area contributed by atoms with Crippen LogP contribution in [0.4, 0.5) is 5.69 Å². The van der Waals surface area contributed by atoms with E-state index in [0.29, 0.717) is 25.1 Å². The van der Waals surface area contributed by atoms with Crippen LogP contribution in [-0.4, -0.2) is 48.3 Å². The molecule has 0 unspecified atom stereocenters.